The van der Waals surface area contributed by atoms with Crippen molar-refractivity contribution in [2.24, 2.45) is 0 Å². The van der Waals surface area contributed by atoms with E-state index in [9.17, 15) is 0 Å². The van der Waals surface area contributed by atoms with E-state index in [1.807, 2.05) is 24.3 Å². The van der Waals surface area contributed by atoms with Crippen LogP contribution in [0, 0.1) is 0 Å². The number of ether oxygens (including phenoxy) is 1. The van der Waals surface area contributed by atoms with Crippen LogP contribution in [-0.4, -0.2) is 0 Å². The van der Waals surface area contributed by atoms with Gasteiger partial charge in [-0.05, 0) is 23.3 Å². The maximum absolute atomic E-state index is 5.79. The highest BCUT2D eigenvalue weighted by atomic mass is 16.5. The summed E-state index contributed by atoms with van der Waals surface area (Å²) in [7, 11) is 0. The first kappa shape index (κ1) is 9.28. The molecule has 0 spiro atoms. The van der Waals surface area contributed by atoms with Crippen molar-refractivity contribution in [3.05, 3.63) is 59.7 Å². The van der Waals surface area contributed by atoms with Crippen molar-refractivity contribution < 1.29 is 4.74 Å². The van der Waals surface area contributed by atoms with Gasteiger partial charge in [-0.25, -0.2) is 0 Å². The molecule has 0 unspecified atom stereocenters. The van der Waals surface area contributed by atoms with Crippen LogP contribution in [0.5, 0.6) is 5.75 Å². The van der Waals surface area contributed by atoms with Gasteiger partial charge in [-0.1, -0.05) is 36.4 Å². The highest BCUT2D eigenvalue weighted by Gasteiger charge is 2.09. The zero-order chi connectivity index (χ0) is 10.8. The van der Waals surface area contributed by atoms with E-state index in [4.69, 9.17) is 4.74 Å². The quantitative estimate of drug-likeness (QED) is 0.722. The van der Waals surface area contributed by atoms with Crippen LogP contribution >= 0.6 is 0 Å². The normalized spacial score (nSPS) is 13.5. The predicted octanol–water partition coefficient (Wildman–Crippen LogP) is 3.19. The molecular weight excluding hydrogens is 198 g/mol. The van der Waals surface area contributed by atoms with Crippen molar-refractivity contribution >= 4 is 5.69 Å². The first-order valence-corrected chi connectivity index (χ1v) is 5.46. The minimum atomic E-state index is 0.648. The van der Waals surface area contributed by atoms with Crippen LogP contribution < -0.4 is 10.1 Å². The van der Waals surface area contributed by atoms with Gasteiger partial charge in [-0.3, -0.25) is 0 Å². The van der Waals surface area contributed by atoms with E-state index in [-0.39, 0.29) is 0 Å². The Morgan fingerprint density at radius 1 is 0.875 bits per heavy atom. The molecule has 2 aromatic carbocycles. The minimum Gasteiger partial charge on any atom is -0.487 e. The maximum atomic E-state index is 5.79. The van der Waals surface area contributed by atoms with Gasteiger partial charge in [-0.15, -0.1) is 0 Å². The van der Waals surface area contributed by atoms with E-state index in [2.05, 4.69) is 29.6 Å². The second-order valence-corrected chi connectivity index (χ2v) is 3.91. The van der Waals surface area contributed by atoms with Crippen LogP contribution in [0.15, 0.2) is 48.5 Å². The smallest absolute Gasteiger partial charge is 0.142 e. The van der Waals surface area contributed by atoms with Crippen molar-refractivity contribution in [1.29, 1.82) is 0 Å². The topological polar surface area (TPSA) is 21.3 Å². The molecule has 0 bridgehead atoms. The summed E-state index contributed by atoms with van der Waals surface area (Å²) in [6.07, 6.45) is 0. The number of fused-ring (bicyclic) bond motifs is 2. The number of hydrogen-bond donors (Lipinski definition) is 1. The van der Waals surface area contributed by atoms with Crippen LogP contribution in [0.3, 0.4) is 0 Å². The number of hydrogen-bond acceptors (Lipinski definition) is 2. The summed E-state index contributed by atoms with van der Waals surface area (Å²) in [5.74, 6) is 0.928. The summed E-state index contributed by atoms with van der Waals surface area (Å²) in [6.45, 7) is 1.51. The minimum absolute atomic E-state index is 0.648. The van der Waals surface area contributed by atoms with Gasteiger partial charge in [0.1, 0.15) is 12.4 Å². The third-order valence-corrected chi connectivity index (χ3v) is 2.86. The molecule has 3 rings (SSSR count). The summed E-state index contributed by atoms with van der Waals surface area (Å²) in [6, 6.07) is 16.4. The molecule has 0 fully saturated rings. The molecule has 80 valence electrons. The van der Waals surface area contributed by atoms with Gasteiger partial charge in [0.15, 0.2) is 0 Å². The highest BCUT2D eigenvalue weighted by Crippen LogP contribution is 2.28. The molecule has 0 amide bonds. The van der Waals surface area contributed by atoms with Crippen LogP contribution in [0.1, 0.15) is 11.1 Å². The van der Waals surface area contributed by atoms with Crippen LogP contribution in [0.2, 0.25) is 0 Å². The molecule has 1 heterocycles. The summed E-state index contributed by atoms with van der Waals surface area (Å²) >= 11 is 0. The van der Waals surface area contributed by atoms with Crippen molar-refractivity contribution in [3.63, 3.8) is 0 Å². The van der Waals surface area contributed by atoms with Gasteiger partial charge in [0.25, 0.3) is 0 Å². The lowest BCUT2D eigenvalue weighted by Gasteiger charge is -2.19. The largest absolute Gasteiger partial charge is 0.487 e. The van der Waals surface area contributed by atoms with Crippen molar-refractivity contribution in [2.45, 2.75) is 13.2 Å². The second kappa shape index (κ2) is 3.89. The van der Waals surface area contributed by atoms with Gasteiger partial charge in [0.05, 0.1) is 5.69 Å². The zero-order valence-electron chi connectivity index (χ0n) is 8.94. The lowest BCUT2D eigenvalue weighted by atomic mass is 10.1. The second-order valence-electron chi connectivity index (χ2n) is 3.91. The highest BCUT2D eigenvalue weighted by molar-refractivity contribution is 5.57. The average Bonchev–Trinajstić information content (AvgIpc) is 2.32. The lowest BCUT2D eigenvalue weighted by molar-refractivity contribution is 0.305. The van der Waals surface area contributed by atoms with E-state index in [1.165, 1.54) is 11.1 Å². The molecule has 0 saturated carbocycles. The standard InChI is InChI=1S/C14H13NO/c1-2-6-12-10-16-14-8-4-3-7-13(14)15-9-11(12)5-1/h1-8,15H,9-10H2. The van der Waals surface area contributed by atoms with E-state index >= 15 is 0 Å². The molecule has 16 heavy (non-hydrogen) atoms. The molecule has 0 saturated heterocycles. The Balaban J connectivity index is 1.97. The van der Waals surface area contributed by atoms with E-state index in [1.54, 1.807) is 0 Å². The Hall–Kier alpha value is -1.96. The van der Waals surface area contributed by atoms with E-state index in [0.29, 0.717) is 6.61 Å². The summed E-state index contributed by atoms with van der Waals surface area (Å²) < 4.78 is 5.79. The number of benzene rings is 2. The molecule has 1 aliphatic rings. The number of nitrogens with one attached hydrogen (secondary N) is 1. The van der Waals surface area contributed by atoms with Crippen LogP contribution in [0.4, 0.5) is 5.69 Å². The average molecular weight is 211 g/mol. The third kappa shape index (κ3) is 1.63. The molecule has 0 atom stereocenters. The first-order chi connectivity index (χ1) is 7.93. The maximum Gasteiger partial charge on any atom is 0.142 e. The van der Waals surface area contributed by atoms with Crippen molar-refractivity contribution in [1.82, 2.24) is 0 Å². The fourth-order valence-corrected chi connectivity index (χ4v) is 1.96. The SMILES string of the molecule is c1ccc2c(c1)CNc1ccccc1OC2. The molecule has 0 aliphatic carbocycles. The Bertz CT molecular complexity index is 414. The Labute approximate surface area is 94.9 Å². The summed E-state index contributed by atoms with van der Waals surface area (Å²) in [5.41, 5.74) is 3.62. The molecule has 2 nitrogen and oxygen atoms in total. The van der Waals surface area contributed by atoms with Crippen LogP contribution in [-0.2, 0) is 13.2 Å². The van der Waals surface area contributed by atoms with Gasteiger partial charge in [-0.2, -0.15) is 0 Å². The molecule has 0 aromatic heterocycles. The number of para-hydroxylation sites is 2. The molecule has 2 aromatic rings. The third-order valence-electron chi connectivity index (χ3n) is 2.86. The van der Waals surface area contributed by atoms with Gasteiger partial charge in [0.2, 0.25) is 0 Å². The lowest BCUT2D eigenvalue weighted by Crippen LogP contribution is -2.10. The molecule has 1 aliphatic heterocycles. The molecule has 1 N–H and O–H groups in total. The fraction of sp³-hybridized carbons (Fsp3) is 0.143. The van der Waals surface area contributed by atoms with E-state index < -0.39 is 0 Å². The van der Waals surface area contributed by atoms with Gasteiger partial charge < -0.3 is 10.1 Å². The zero-order valence-corrected chi connectivity index (χ0v) is 8.94. The Kier molecular flexibility index (Phi) is 2.26. The van der Waals surface area contributed by atoms with Gasteiger partial charge >= 0.3 is 0 Å². The Morgan fingerprint density at radius 3 is 2.56 bits per heavy atom. The summed E-state index contributed by atoms with van der Waals surface area (Å²) in [5, 5.41) is 3.40. The van der Waals surface area contributed by atoms with E-state index in [0.717, 1.165) is 18.0 Å². The Morgan fingerprint density at radius 2 is 1.62 bits per heavy atom. The number of rotatable bonds is 0. The summed E-state index contributed by atoms with van der Waals surface area (Å²) in [4.78, 5) is 0. The van der Waals surface area contributed by atoms with Crippen LogP contribution in [0.25, 0.3) is 0 Å². The van der Waals surface area contributed by atoms with Crippen molar-refractivity contribution in [2.75, 3.05) is 5.32 Å². The van der Waals surface area contributed by atoms with Gasteiger partial charge in [0, 0.05) is 6.54 Å². The molecule has 0 radical (unpaired) electrons. The number of anilines is 1. The predicted molar refractivity (Wildman–Crippen MR) is 64.5 cm³/mol. The first-order valence-electron chi connectivity index (χ1n) is 5.46. The van der Waals surface area contributed by atoms with Crippen molar-refractivity contribution in [3.8, 4) is 5.75 Å². The molecule has 2 heteroatoms. The fourth-order valence-electron chi connectivity index (χ4n) is 1.96. The monoisotopic (exact) mass is 211 g/mol. The molecular formula is C14H13NO.